The van der Waals surface area contributed by atoms with Gasteiger partial charge in [-0.15, -0.1) is 0 Å². The van der Waals surface area contributed by atoms with Crippen LogP contribution >= 0.6 is 0 Å². The number of rotatable bonds is 4. The maximum Gasteiger partial charge on any atom is 0.223 e. The highest BCUT2D eigenvalue weighted by Gasteiger charge is 2.24. The molecule has 0 aliphatic carbocycles. The van der Waals surface area contributed by atoms with Crippen LogP contribution in [0, 0.1) is 0 Å². The van der Waals surface area contributed by atoms with Crippen molar-refractivity contribution in [2.75, 3.05) is 32.4 Å². The molecule has 0 bridgehead atoms. The van der Waals surface area contributed by atoms with Crippen LogP contribution in [0.1, 0.15) is 31.2 Å². The number of benzene rings is 1. The van der Waals surface area contributed by atoms with Gasteiger partial charge in [-0.1, -0.05) is 37.3 Å². The van der Waals surface area contributed by atoms with Crippen molar-refractivity contribution in [2.45, 2.75) is 25.7 Å². The molecule has 122 valence electrons. The number of hydrogen-bond donors (Lipinski definition) is 0. The van der Waals surface area contributed by atoms with Gasteiger partial charge in [0.25, 0.3) is 0 Å². The Morgan fingerprint density at radius 3 is 2.45 bits per heavy atom. The average Bonchev–Trinajstić information content (AvgIpc) is 2.73. The minimum atomic E-state index is -3.17. The molecule has 6 heteroatoms. The van der Waals surface area contributed by atoms with Crippen molar-refractivity contribution in [3.05, 3.63) is 35.9 Å². The summed E-state index contributed by atoms with van der Waals surface area (Å²) < 4.78 is 24.7. The molecular formula is C16H24N2O3S. The number of carbonyl (C=O) groups is 1. The molecule has 1 aliphatic heterocycles. The van der Waals surface area contributed by atoms with Crippen LogP contribution in [0.3, 0.4) is 0 Å². The second kappa shape index (κ2) is 7.24. The second-order valence-electron chi connectivity index (χ2n) is 5.91. The van der Waals surface area contributed by atoms with Gasteiger partial charge in [0.05, 0.1) is 6.26 Å². The highest BCUT2D eigenvalue weighted by molar-refractivity contribution is 7.88. The van der Waals surface area contributed by atoms with Crippen molar-refractivity contribution in [1.29, 1.82) is 0 Å². The van der Waals surface area contributed by atoms with Crippen molar-refractivity contribution < 1.29 is 13.2 Å². The van der Waals surface area contributed by atoms with Gasteiger partial charge in [0.15, 0.2) is 0 Å². The molecule has 1 amide bonds. The van der Waals surface area contributed by atoms with E-state index >= 15 is 0 Å². The Kier molecular flexibility index (Phi) is 5.58. The third kappa shape index (κ3) is 4.55. The molecule has 0 N–H and O–H groups in total. The summed E-state index contributed by atoms with van der Waals surface area (Å²) in [5.74, 6) is 0.273. The van der Waals surface area contributed by atoms with Gasteiger partial charge in [-0.25, -0.2) is 12.7 Å². The molecule has 0 aromatic heterocycles. The number of amides is 1. The molecule has 22 heavy (non-hydrogen) atoms. The highest BCUT2D eigenvalue weighted by Crippen LogP contribution is 2.20. The number of carbonyl (C=O) groups excluding carboxylic acids is 1. The summed E-state index contributed by atoms with van der Waals surface area (Å²) in [5.41, 5.74) is 1.16. The Bertz CT molecular complexity index is 601. The third-order valence-corrected chi connectivity index (χ3v) is 5.43. The quantitative estimate of drug-likeness (QED) is 0.846. The number of nitrogens with zero attached hydrogens (tertiary/aromatic N) is 2. The Hall–Kier alpha value is -1.40. The lowest BCUT2D eigenvalue weighted by molar-refractivity contribution is -0.131. The first kappa shape index (κ1) is 17.0. The van der Waals surface area contributed by atoms with E-state index in [0.717, 1.165) is 5.56 Å². The molecule has 1 unspecified atom stereocenters. The molecule has 0 radical (unpaired) electrons. The van der Waals surface area contributed by atoms with Gasteiger partial charge < -0.3 is 4.90 Å². The minimum absolute atomic E-state index is 0.103. The molecule has 1 heterocycles. The SMILES string of the molecule is CC(CC(=O)N1CCCN(S(C)(=O)=O)CC1)c1ccccc1. The molecule has 1 saturated heterocycles. The maximum absolute atomic E-state index is 12.4. The summed E-state index contributed by atoms with van der Waals surface area (Å²) in [5, 5.41) is 0. The predicted octanol–water partition coefficient (Wildman–Crippen LogP) is 1.67. The first-order valence-electron chi connectivity index (χ1n) is 7.66. The molecule has 1 aromatic carbocycles. The van der Waals surface area contributed by atoms with Gasteiger partial charge in [0, 0.05) is 32.6 Å². The largest absolute Gasteiger partial charge is 0.341 e. The normalized spacial score (nSPS) is 18.7. The zero-order valence-electron chi connectivity index (χ0n) is 13.2. The van der Waals surface area contributed by atoms with Gasteiger partial charge in [-0.2, -0.15) is 0 Å². The first-order valence-corrected chi connectivity index (χ1v) is 9.50. The van der Waals surface area contributed by atoms with E-state index in [1.807, 2.05) is 37.3 Å². The molecule has 1 aliphatic rings. The van der Waals surface area contributed by atoms with Crippen LogP contribution in [-0.2, 0) is 14.8 Å². The van der Waals surface area contributed by atoms with Gasteiger partial charge in [-0.3, -0.25) is 4.79 Å². The highest BCUT2D eigenvalue weighted by atomic mass is 32.2. The molecule has 1 atom stereocenters. The summed E-state index contributed by atoms with van der Waals surface area (Å²) >= 11 is 0. The van der Waals surface area contributed by atoms with Crippen LogP contribution in [0.5, 0.6) is 0 Å². The van der Waals surface area contributed by atoms with Gasteiger partial charge in [-0.05, 0) is 17.9 Å². The first-order chi connectivity index (χ1) is 10.4. The fraction of sp³-hybridized carbons (Fsp3) is 0.562. The lowest BCUT2D eigenvalue weighted by Gasteiger charge is -2.23. The van der Waals surface area contributed by atoms with E-state index in [9.17, 15) is 13.2 Å². The van der Waals surface area contributed by atoms with Crippen LogP contribution in [0.2, 0.25) is 0 Å². The van der Waals surface area contributed by atoms with E-state index in [1.54, 1.807) is 4.90 Å². The zero-order chi connectivity index (χ0) is 16.2. The van der Waals surface area contributed by atoms with E-state index in [4.69, 9.17) is 0 Å². The van der Waals surface area contributed by atoms with Crippen LogP contribution < -0.4 is 0 Å². The lowest BCUT2D eigenvalue weighted by atomic mass is 9.97. The summed E-state index contributed by atoms with van der Waals surface area (Å²) in [6, 6.07) is 9.99. The Balaban J connectivity index is 1.93. The van der Waals surface area contributed by atoms with E-state index in [-0.39, 0.29) is 11.8 Å². The molecule has 0 spiro atoms. The monoisotopic (exact) mass is 324 g/mol. The van der Waals surface area contributed by atoms with Gasteiger partial charge in [0.2, 0.25) is 15.9 Å². The molecule has 5 nitrogen and oxygen atoms in total. The molecule has 1 fully saturated rings. The third-order valence-electron chi connectivity index (χ3n) is 4.13. The smallest absolute Gasteiger partial charge is 0.223 e. The summed E-state index contributed by atoms with van der Waals surface area (Å²) in [6.07, 6.45) is 2.38. The van der Waals surface area contributed by atoms with Crippen LogP contribution in [0.4, 0.5) is 0 Å². The summed E-state index contributed by atoms with van der Waals surface area (Å²) in [4.78, 5) is 14.2. The van der Waals surface area contributed by atoms with E-state index in [2.05, 4.69) is 0 Å². The molecular weight excluding hydrogens is 300 g/mol. The Morgan fingerprint density at radius 2 is 1.82 bits per heavy atom. The maximum atomic E-state index is 12.4. The topological polar surface area (TPSA) is 57.7 Å². The van der Waals surface area contributed by atoms with Crippen molar-refractivity contribution in [3.63, 3.8) is 0 Å². The number of sulfonamides is 1. The zero-order valence-corrected chi connectivity index (χ0v) is 14.1. The van der Waals surface area contributed by atoms with Gasteiger partial charge >= 0.3 is 0 Å². The molecule has 2 rings (SSSR count). The minimum Gasteiger partial charge on any atom is -0.341 e. The Morgan fingerprint density at radius 1 is 1.14 bits per heavy atom. The Labute approximate surface area is 133 Å². The summed E-state index contributed by atoms with van der Waals surface area (Å²) in [7, 11) is -3.17. The molecule has 1 aromatic rings. The van der Waals surface area contributed by atoms with Crippen LogP contribution in [-0.4, -0.2) is 56.0 Å². The van der Waals surface area contributed by atoms with Gasteiger partial charge in [0.1, 0.15) is 0 Å². The van der Waals surface area contributed by atoms with Crippen molar-refractivity contribution >= 4 is 15.9 Å². The predicted molar refractivity (Wildman–Crippen MR) is 87.1 cm³/mol. The van der Waals surface area contributed by atoms with Crippen LogP contribution in [0.25, 0.3) is 0 Å². The summed E-state index contributed by atoms with van der Waals surface area (Å²) in [6.45, 7) is 4.05. The van der Waals surface area contributed by atoms with E-state index < -0.39 is 10.0 Å². The molecule has 0 saturated carbocycles. The fourth-order valence-electron chi connectivity index (χ4n) is 2.77. The van der Waals surface area contributed by atoms with E-state index in [0.29, 0.717) is 39.0 Å². The average molecular weight is 324 g/mol. The second-order valence-corrected chi connectivity index (χ2v) is 7.89. The fourth-order valence-corrected chi connectivity index (χ4v) is 3.64. The van der Waals surface area contributed by atoms with Crippen LogP contribution in [0.15, 0.2) is 30.3 Å². The van der Waals surface area contributed by atoms with E-state index in [1.165, 1.54) is 10.6 Å². The lowest BCUT2D eigenvalue weighted by Crippen LogP contribution is -2.37. The van der Waals surface area contributed by atoms with Crippen molar-refractivity contribution in [3.8, 4) is 0 Å². The number of hydrogen-bond acceptors (Lipinski definition) is 3. The van der Waals surface area contributed by atoms with Crippen molar-refractivity contribution in [2.24, 2.45) is 0 Å². The van der Waals surface area contributed by atoms with Crippen molar-refractivity contribution in [1.82, 2.24) is 9.21 Å². The standard InChI is InChI=1S/C16H24N2O3S/c1-14(15-7-4-3-5-8-15)13-16(19)17-9-6-10-18(12-11-17)22(2,20)21/h3-5,7-8,14H,6,9-13H2,1-2H3.